The molecule has 0 spiro atoms. The van der Waals surface area contributed by atoms with E-state index < -0.39 is 42.3 Å². The summed E-state index contributed by atoms with van der Waals surface area (Å²) in [7, 11) is 0. The van der Waals surface area contributed by atoms with Crippen molar-refractivity contribution in [2.45, 2.75) is 62.5 Å². The number of carboxylic acids is 1. The average Bonchev–Trinajstić information content (AvgIpc) is 3.54. The first-order valence-electron chi connectivity index (χ1n) is 12.7. The predicted molar refractivity (Wildman–Crippen MR) is 147 cm³/mol. The number of aliphatic hydroxyl groups is 2. The molecule has 5 atom stereocenters. The Hall–Kier alpha value is -3.73. The summed E-state index contributed by atoms with van der Waals surface area (Å²) in [6, 6.07) is 7.46. The van der Waals surface area contributed by atoms with Gasteiger partial charge in [-0.15, -0.1) is 0 Å². The number of ether oxygens (including phenoxy) is 2. The number of aliphatic hydroxyl groups excluding tert-OH is 1. The molecule has 2 aliphatic rings. The largest absolute Gasteiger partial charge is 0.490 e. The summed E-state index contributed by atoms with van der Waals surface area (Å²) in [5.41, 5.74) is 12.8. The van der Waals surface area contributed by atoms with E-state index in [-0.39, 0.29) is 0 Å². The van der Waals surface area contributed by atoms with Gasteiger partial charge in [0.25, 0.3) is 0 Å². The van der Waals surface area contributed by atoms with Crippen molar-refractivity contribution in [3.05, 3.63) is 46.8 Å². The van der Waals surface area contributed by atoms with Gasteiger partial charge in [-0.3, -0.25) is 0 Å². The van der Waals surface area contributed by atoms with Crippen molar-refractivity contribution in [1.82, 2.24) is 19.5 Å². The van der Waals surface area contributed by atoms with Crippen LogP contribution in [0.4, 0.5) is 24.8 Å². The smallest absolute Gasteiger partial charge is 0.488 e. The molecule has 7 N–H and O–H groups in total. The van der Waals surface area contributed by atoms with Crippen molar-refractivity contribution < 1.29 is 42.8 Å². The second-order valence-electron chi connectivity index (χ2n) is 9.96. The van der Waals surface area contributed by atoms with Gasteiger partial charge in [-0.2, -0.15) is 13.2 Å². The Labute approximate surface area is 244 Å². The summed E-state index contributed by atoms with van der Waals surface area (Å²) in [5, 5.41) is 31.4. The first kappa shape index (κ1) is 29.8. The molecule has 1 saturated carbocycles. The van der Waals surface area contributed by atoms with Gasteiger partial charge >= 0.3 is 12.1 Å². The molecular formula is C26H26BrF3N6O6. The van der Waals surface area contributed by atoms with Gasteiger partial charge < -0.3 is 40.8 Å². The van der Waals surface area contributed by atoms with Crippen LogP contribution < -0.4 is 16.2 Å². The van der Waals surface area contributed by atoms with Gasteiger partial charge in [0.05, 0.1) is 15.4 Å². The number of pyridine rings is 1. The van der Waals surface area contributed by atoms with Gasteiger partial charge in [-0.1, -0.05) is 6.92 Å². The Morgan fingerprint density at radius 3 is 2.64 bits per heavy atom. The van der Waals surface area contributed by atoms with E-state index in [9.17, 15) is 23.4 Å². The van der Waals surface area contributed by atoms with Gasteiger partial charge in [0.2, 0.25) is 0 Å². The van der Waals surface area contributed by atoms with Crippen LogP contribution in [-0.4, -0.2) is 70.9 Å². The zero-order chi connectivity index (χ0) is 30.6. The first-order valence-corrected chi connectivity index (χ1v) is 13.5. The summed E-state index contributed by atoms with van der Waals surface area (Å²) in [6.45, 7) is 2.01. The Bertz CT molecular complexity index is 1670. The highest BCUT2D eigenvalue weighted by Gasteiger charge is 2.63. The number of nitrogens with two attached hydrogens (primary N) is 2. The van der Waals surface area contributed by atoms with Crippen LogP contribution in [0, 0.1) is 0 Å². The van der Waals surface area contributed by atoms with Crippen LogP contribution >= 0.6 is 15.9 Å². The molecule has 16 heteroatoms. The van der Waals surface area contributed by atoms with Crippen LogP contribution in [0.2, 0.25) is 0 Å². The summed E-state index contributed by atoms with van der Waals surface area (Å²) < 4.78 is 46.8. The molecular weight excluding hydrogens is 629 g/mol. The molecule has 42 heavy (non-hydrogen) atoms. The monoisotopic (exact) mass is 654 g/mol. The highest BCUT2D eigenvalue weighted by atomic mass is 79.9. The van der Waals surface area contributed by atoms with Crippen LogP contribution in [0.15, 0.2) is 41.3 Å². The molecule has 1 saturated heterocycles. The van der Waals surface area contributed by atoms with E-state index in [1.54, 1.807) is 4.57 Å². The van der Waals surface area contributed by atoms with E-state index in [0.717, 1.165) is 20.8 Å². The van der Waals surface area contributed by atoms with Crippen LogP contribution in [0.25, 0.3) is 21.9 Å². The molecule has 224 valence electrons. The standard InChI is InChI=1S/C24H25BrN6O4.C2HF3O2/c1-2-11-9-31(22-17(11)21(27)28-10-29-22)23-18(32)24(33)6-5-16(19(24)35-23)34-13-4-3-12-7-14(25)20(26)30-15(12)8-13;3-2(4,5)1(6)7/h3-4,7-10,16,18-19,23,32-33H,2,5-6H2,1H3,(H2,26,30)(H2,27,28,29);(H,6,7)/t16-,18-,19+,23+,24-;/m0./s1. The van der Waals surface area contributed by atoms with Gasteiger partial charge in [-0.05, 0) is 59.0 Å². The van der Waals surface area contributed by atoms with E-state index >= 15 is 0 Å². The van der Waals surface area contributed by atoms with Gasteiger partial charge in [-0.25, -0.2) is 19.7 Å². The Kier molecular flexibility index (Phi) is 7.67. The normalized spacial score (nSPS) is 25.3. The van der Waals surface area contributed by atoms with Gasteiger partial charge in [0, 0.05) is 17.6 Å². The minimum Gasteiger partial charge on any atom is -0.488 e. The zero-order valence-electron chi connectivity index (χ0n) is 21.9. The lowest BCUT2D eigenvalue weighted by molar-refractivity contribution is -0.192. The molecule has 3 aromatic heterocycles. The second kappa shape index (κ2) is 10.8. The number of aliphatic carboxylic acids is 1. The molecule has 12 nitrogen and oxygen atoms in total. The maximum atomic E-state index is 11.4. The molecule has 0 radical (unpaired) electrons. The van der Waals surface area contributed by atoms with Crippen molar-refractivity contribution in [2.24, 2.45) is 0 Å². The number of benzene rings is 1. The van der Waals surface area contributed by atoms with Gasteiger partial charge in [0.1, 0.15) is 53.3 Å². The van der Waals surface area contributed by atoms with E-state index in [2.05, 4.69) is 30.9 Å². The number of fused-ring (bicyclic) bond motifs is 3. The van der Waals surface area contributed by atoms with E-state index in [4.69, 9.17) is 30.8 Å². The highest BCUT2D eigenvalue weighted by molar-refractivity contribution is 9.10. The number of nitrogens with zero attached hydrogens (tertiary/aromatic N) is 4. The van der Waals surface area contributed by atoms with Crippen LogP contribution in [-0.2, 0) is 16.0 Å². The highest BCUT2D eigenvalue weighted by Crippen LogP contribution is 2.49. The molecule has 0 amide bonds. The quantitative estimate of drug-likeness (QED) is 0.217. The number of hydrogen-bond donors (Lipinski definition) is 5. The fourth-order valence-electron chi connectivity index (χ4n) is 5.35. The molecule has 6 rings (SSSR count). The topological polar surface area (TPSA) is 192 Å². The number of anilines is 2. The number of aromatic nitrogens is 4. The third-order valence-electron chi connectivity index (χ3n) is 7.40. The lowest BCUT2D eigenvalue weighted by atomic mass is 9.94. The van der Waals surface area contributed by atoms with Crippen LogP contribution in [0.3, 0.4) is 0 Å². The van der Waals surface area contributed by atoms with Crippen LogP contribution in [0.1, 0.15) is 31.6 Å². The maximum absolute atomic E-state index is 11.4. The van der Waals surface area contributed by atoms with Crippen molar-refractivity contribution in [3.63, 3.8) is 0 Å². The van der Waals surface area contributed by atoms with Crippen molar-refractivity contribution in [3.8, 4) is 5.75 Å². The Morgan fingerprint density at radius 2 is 1.98 bits per heavy atom. The predicted octanol–water partition coefficient (Wildman–Crippen LogP) is 3.33. The maximum Gasteiger partial charge on any atom is 0.490 e. The average molecular weight is 655 g/mol. The second-order valence-corrected chi connectivity index (χ2v) is 10.8. The summed E-state index contributed by atoms with van der Waals surface area (Å²) in [6.07, 6.45) is -3.47. The number of hydrogen-bond acceptors (Lipinski definition) is 10. The summed E-state index contributed by atoms with van der Waals surface area (Å²) >= 11 is 3.39. The number of carbonyl (C=O) groups is 1. The first-order chi connectivity index (χ1) is 19.7. The Morgan fingerprint density at radius 1 is 1.26 bits per heavy atom. The molecule has 2 fully saturated rings. The SMILES string of the molecule is CCc1cn([C@@H]2O[C@@H]3[C@@H](Oc4ccc5cc(Br)c(N)nc5c4)CC[C@]3(O)[C@H]2O)c2ncnc(N)c12.O=C(O)C(F)(F)F. The fourth-order valence-corrected chi connectivity index (χ4v) is 5.69. The summed E-state index contributed by atoms with van der Waals surface area (Å²) in [5.74, 6) is -1.41. The molecule has 4 heterocycles. The minimum absolute atomic E-state index is 0.336. The number of carboxylic acid groups (broad SMARTS) is 1. The van der Waals surface area contributed by atoms with Crippen molar-refractivity contribution in [2.75, 3.05) is 11.5 Å². The molecule has 1 aliphatic heterocycles. The molecule has 0 unspecified atom stereocenters. The lowest BCUT2D eigenvalue weighted by Crippen LogP contribution is -2.47. The third-order valence-corrected chi connectivity index (χ3v) is 8.04. The third kappa shape index (κ3) is 5.19. The van der Waals surface area contributed by atoms with Crippen LogP contribution in [0.5, 0.6) is 5.75 Å². The fraction of sp³-hybridized carbons (Fsp3) is 0.385. The van der Waals surface area contributed by atoms with Gasteiger partial charge in [0.15, 0.2) is 6.23 Å². The summed E-state index contributed by atoms with van der Waals surface area (Å²) in [4.78, 5) is 21.8. The number of aryl methyl sites for hydroxylation is 1. The molecule has 1 aromatic carbocycles. The zero-order valence-corrected chi connectivity index (χ0v) is 23.5. The van der Waals surface area contributed by atoms with E-state index in [1.165, 1.54) is 6.33 Å². The number of alkyl halides is 3. The van der Waals surface area contributed by atoms with Crippen molar-refractivity contribution in [1.29, 1.82) is 0 Å². The minimum atomic E-state index is -5.08. The Balaban J connectivity index is 0.000000451. The molecule has 0 bridgehead atoms. The van der Waals surface area contributed by atoms with E-state index in [1.807, 2.05) is 37.4 Å². The molecule has 1 aliphatic carbocycles. The lowest BCUT2D eigenvalue weighted by Gasteiger charge is -2.26. The van der Waals surface area contributed by atoms with E-state index in [0.29, 0.717) is 47.8 Å². The number of rotatable bonds is 4. The molecule has 4 aromatic rings. The number of nitrogen functional groups attached to an aromatic ring is 2. The number of halogens is 4. The van der Waals surface area contributed by atoms with Crippen molar-refractivity contribution >= 4 is 55.5 Å².